The molecule has 1 amide bonds. The van der Waals surface area contributed by atoms with Crippen LogP contribution in [-0.2, 0) is 4.79 Å². The molecule has 0 aromatic carbocycles. The van der Waals surface area contributed by atoms with Gasteiger partial charge in [0.2, 0.25) is 0 Å². The number of amides is 1. The van der Waals surface area contributed by atoms with Crippen LogP contribution in [0.5, 0.6) is 5.75 Å². The van der Waals surface area contributed by atoms with Crippen molar-refractivity contribution in [3.63, 3.8) is 0 Å². The summed E-state index contributed by atoms with van der Waals surface area (Å²) in [5.41, 5.74) is -0.194. The molecule has 0 atom stereocenters. The van der Waals surface area contributed by atoms with Crippen molar-refractivity contribution < 1.29 is 19.4 Å². The van der Waals surface area contributed by atoms with Crippen LogP contribution in [-0.4, -0.2) is 45.6 Å². The molecular formula is C14H20N2O4. The lowest BCUT2D eigenvalue weighted by molar-refractivity contribution is -0.137. The molecule has 0 spiro atoms. The number of pyridine rings is 1. The van der Waals surface area contributed by atoms with Crippen molar-refractivity contribution >= 4 is 11.9 Å². The van der Waals surface area contributed by atoms with E-state index in [1.165, 1.54) is 12.3 Å². The third-order valence-corrected chi connectivity index (χ3v) is 2.73. The van der Waals surface area contributed by atoms with Gasteiger partial charge in [0.25, 0.3) is 5.91 Å². The number of carboxylic acid groups (broad SMARTS) is 1. The average Bonchev–Trinajstić information content (AvgIpc) is 2.35. The molecule has 0 unspecified atom stereocenters. The molecular weight excluding hydrogens is 260 g/mol. The van der Waals surface area contributed by atoms with Crippen molar-refractivity contribution in [2.24, 2.45) is 0 Å². The minimum absolute atomic E-state index is 0.0546. The van der Waals surface area contributed by atoms with Crippen LogP contribution in [0.2, 0.25) is 0 Å². The lowest BCUT2D eigenvalue weighted by Crippen LogP contribution is -2.44. The number of hydrogen-bond donors (Lipinski definition) is 1. The molecule has 0 radical (unpaired) electrons. The molecule has 1 rings (SSSR count). The van der Waals surface area contributed by atoms with Gasteiger partial charge in [0.05, 0.1) is 0 Å². The van der Waals surface area contributed by atoms with Crippen molar-refractivity contribution in [1.29, 1.82) is 0 Å². The van der Waals surface area contributed by atoms with Crippen molar-refractivity contribution in [3.8, 4) is 5.75 Å². The lowest BCUT2D eigenvalue weighted by Gasteiger charge is -2.30. The number of hydrogen-bond acceptors (Lipinski definition) is 4. The zero-order valence-electron chi connectivity index (χ0n) is 12.2. The van der Waals surface area contributed by atoms with E-state index in [1.54, 1.807) is 11.0 Å². The zero-order valence-corrected chi connectivity index (χ0v) is 12.2. The summed E-state index contributed by atoms with van der Waals surface area (Å²) in [6.45, 7) is 7.48. The van der Waals surface area contributed by atoms with Crippen LogP contribution >= 0.6 is 0 Å². The van der Waals surface area contributed by atoms with Crippen LogP contribution in [0.25, 0.3) is 0 Å². The number of rotatable bonds is 6. The van der Waals surface area contributed by atoms with Crippen LogP contribution in [0.4, 0.5) is 0 Å². The smallest absolute Gasteiger partial charge is 0.358 e. The maximum atomic E-state index is 12.1. The highest BCUT2D eigenvalue weighted by atomic mass is 16.5. The fraction of sp³-hybridized carbons (Fsp3) is 0.500. The summed E-state index contributed by atoms with van der Waals surface area (Å²) in [5.74, 6) is -1.27. The first kappa shape index (κ1) is 15.9. The Bertz CT molecular complexity index is 478. The van der Waals surface area contributed by atoms with Gasteiger partial charge >= 0.3 is 5.97 Å². The third kappa shape index (κ3) is 3.94. The number of nitrogens with zero attached hydrogens (tertiary/aromatic N) is 2. The van der Waals surface area contributed by atoms with E-state index in [1.807, 2.05) is 27.7 Å². The monoisotopic (exact) mass is 280 g/mol. The number of ether oxygens (including phenoxy) is 1. The minimum Gasteiger partial charge on any atom is -0.481 e. The first-order chi connectivity index (χ1) is 9.34. The summed E-state index contributed by atoms with van der Waals surface area (Å²) in [6.07, 6.45) is 1.37. The molecule has 0 saturated carbocycles. The maximum Gasteiger partial charge on any atom is 0.358 e. The van der Waals surface area contributed by atoms with Crippen molar-refractivity contribution in [2.75, 3.05) is 6.61 Å². The van der Waals surface area contributed by atoms with E-state index in [-0.39, 0.29) is 36.0 Å². The van der Waals surface area contributed by atoms with E-state index in [2.05, 4.69) is 4.98 Å². The van der Waals surface area contributed by atoms with Crippen molar-refractivity contribution in [2.45, 2.75) is 39.8 Å². The Labute approximate surface area is 118 Å². The molecule has 0 aliphatic heterocycles. The Hall–Kier alpha value is -2.11. The Morgan fingerprint density at radius 2 is 1.90 bits per heavy atom. The predicted octanol–water partition coefficient (Wildman–Crippen LogP) is 1.80. The fourth-order valence-corrected chi connectivity index (χ4v) is 2.05. The molecule has 6 nitrogen and oxygen atoms in total. The highest BCUT2D eigenvalue weighted by Gasteiger charge is 2.21. The summed E-state index contributed by atoms with van der Waals surface area (Å²) < 4.78 is 5.31. The van der Waals surface area contributed by atoms with Crippen molar-refractivity contribution in [3.05, 3.63) is 24.0 Å². The molecule has 0 aliphatic rings. The normalized spacial score (nSPS) is 10.7. The molecule has 20 heavy (non-hydrogen) atoms. The molecule has 0 saturated heterocycles. The lowest BCUT2D eigenvalue weighted by atomic mass is 10.2. The highest BCUT2D eigenvalue weighted by Crippen LogP contribution is 2.15. The first-order valence-electron chi connectivity index (χ1n) is 6.46. The van der Waals surface area contributed by atoms with Gasteiger partial charge in [-0.05, 0) is 39.8 Å². The zero-order chi connectivity index (χ0) is 15.3. The van der Waals surface area contributed by atoms with E-state index < -0.39 is 5.97 Å². The molecule has 0 fully saturated rings. The Kier molecular flexibility index (Phi) is 5.49. The van der Waals surface area contributed by atoms with Gasteiger partial charge in [0.1, 0.15) is 0 Å². The van der Waals surface area contributed by atoms with Gasteiger partial charge in [0.15, 0.2) is 18.1 Å². The van der Waals surface area contributed by atoms with Crippen molar-refractivity contribution in [1.82, 2.24) is 9.88 Å². The van der Waals surface area contributed by atoms with E-state index in [4.69, 9.17) is 9.84 Å². The Morgan fingerprint density at radius 3 is 2.40 bits per heavy atom. The fourth-order valence-electron chi connectivity index (χ4n) is 2.05. The Balaban J connectivity index is 2.77. The van der Waals surface area contributed by atoms with E-state index in [0.29, 0.717) is 0 Å². The quantitative estimate of drug-likeness (QED) is 0.859. The van der Waals surface area contributed by atoms with Crippen LogP contribution in [0.1, 0.15) is 38.2 Å². The van der Waals surface area contributed by atoms with Crippen LogP contribution < -0.4 is 4.74 Å². The number of aromatic nitrogens is 1. The predicted molar refractivity (Wildman–Crippen MR) is 73.8 cm³/mol. The van der Waals surface area contributed by atoms with Crippen LogP contribution in [0.3, 0.4) is 0 Å². The van der Waals surface area contributed by atoms with E-state index in [0.717, 1.165) is 0 Å². The van der Waals surface area contributed by atoms with Gasteiger partial charge in [0, 0.05) is 18.3 Å². The van der Waals surface area contributed by atoms with Gasteiger partial charge in [-0.1, -0.05) is 0 Å². The molecule has 6 heteroatoms. The summed E-state index contributed by atoms with van der Waals surface area (Å²) in [6, 6.07) is 3.16. The van der Waals surface area contributed by atoms with Crippen LogP contribution in [0, 0.1) is 0 Å². The SMILES string of the molecule is CC(C)N(C(=O)COc1cccnc1C(=O)O)C(C)C. The number of carbonyl (C=O) groups excluding carboxylic acids is 1. The average molecular weight is 280 g/mol. The minimum atomic E-state index is -1.18. The molecule has 1 aromatic rings. The standard InChI is InChI=1S/C14H20N2O4/c1-9(2)16(10(3)4)12(17)8-20-11-6-5-7-15-13(11)14(18)19/h5-7,9-10H,8H2,1-4H3,(H,18,19). The second kappa shape index (κ2) is 6.88. The number of carboxylic acids is 1. The van der Waals surface area contributed by atoms with Gasteiger partial charge in [-0.2, -0.15) is 0 Å². The van der Waals surface area contributed by atoms with E-state index >= 15 is 0 Å². The Morgan fingerprint density at radius 1 is 1.30 bits per heavy atom. The summed E-state index contributed by atoms with van der Waals surface area (Å²) >= 11 is 0. The topological polar surface area (TPSA) is 79.7 Å². The van der Waals surface area contributed by atoms with Gasteiger partial charge in [-0.3, -0.25) is 4.79 Å². The summed E-state index contributed by atoms with van der Waals surface area (Å²) in [4.78, 5) is 28.5. The molecule has 1 N–H and O–H groups in total. The highest BCUT2D eigenvalue weighted by molar-refractivity contribution is 5.88. The maximum absolute atomic E-state index is 12.1. The van der Waals surface area contributed by atoms with E-state index in [9.17, 15) is 9.59 Å². The largest absolute Gasteiger partial charge is 0.481 e. The van der Waals surface area contributed by atoms with Crippen LogP contribution in [0.15, 0.2) is 18.3 Å². The second-order valence-corrected chi connectivity index (χ2v) is 4.93. The molecule has 0 bridgehead atoms. The third-order valence-electron chi connectivity index (χ3n) is 2.73. The van der Waals surface area contributed by atoms with Gasteiger partial charge in [-0.15, -0.1) is 0 Å². The number of carbonyl (C=O) groups is 2. The molecule has 0 aliphatic carbocycles. The van der Waals surface area contributed by atoms with Gasteiger partial charge in [-0.25, -0.2) is 9.78 Å². The number of aromatic carboxylic acids is 1. The molecule has 1 aromatic heterocycles. The second-order valence-electron chi connectivity index (χ2n) is 4.93. The molecule has 110 valence electrons. The first-order valence-corrected chi connectivity index (χ1v) is 6.46. The van der Waals surface area contributed by atoms with Gasteiger partial charge < -0.3 is 14.7 Å². The summed E-state index contributed by atoms with van der Waals surface area (Å²) in [7, 11) is 0. The molecule has 1 heterocycles. The summed E-state index contributed by atoms with van der Waals surface area (Å²) in [5, 5.41) is 8.98.